The number of nitrogens with one attached hydrogen (secondary N) is 1. The fraction of sp³-hybridized carbons (Fsp3) is 0.357. The number of hydrogen-bond donors (Lipinski definition) is 1. The Labute approximate surface area is 113 Å². The molecular formula is C14H18ClNO2. The SMILES string of the molecule is C=C[C@H](NC(=O)OC(C)(C)C)c1cccc(Cl)c1. The molecule has 1 rings (SSSR count). The highest BCUT2D eigenvalue weighted by Gasteiger charge is 2.18. The first kappa shape index (κ1) is 14.6. The Morgan fingerprint density at radius 3 is 2.67 bits per heavy atom. The molecule has 0 aromatic heterocycles. The second kappa shape index (κ2) is 5.91. The van der Waals surface area contributed by atoms with Gasteiger partial charge in [-0.25, -0.2) is 4.79 Å². The summed E-state index contributed by atoms with van der Waals surface area (Å²) in [4.78, 5) is 11.7. The van der Waals surface area contributed by atoms with Crippen LogP contribution in [-0.4, -0.2) is 11.7 Å². The molecule has 0 saturated carbocycles. The van der Waals surface area contributed by atoms with Crippen LogP contribution in [0.15, 0.2) is 36.9 Å². The first-order chi connectivity index (χ1) is 8.31. The first-order valence-corrected chi connectivity index (χ1v) is 6.07. The summed E-state index contributed by atoms with van der Waals surface area (Å²) < 4.78 is 5.19. The number of halogens is 1. The quantitative estimate of drug-likeness (QED) is 0.838. The molecule has 1 aromatic carbocycles. The van der Waals surface area contributed by atoms with Crippen LogP contribution < -0.4 is 5.32 Å². The van der Waals surface area contributed by atoms with Gasteiger partial charge in [0.15, 0.2) is 0 Å². The summed E-state index contributed by atoms with van der Waals surface area (Å²) in [5, 5.41) is 3.34. The van der Waals surface area contributed by atoms with Gasteiger partial charge in [-0.3, -0.25) is 0 Å². The molecule has 0 saturated heterocycles. The van der Waals surface area contributed by atoms with Gasteiger partial charge in [-0.05, 0) is 38.5 Å². The largest absolute Gasteiger partial charge is 0.444 e. The standard InChI is InChI=1S/C14H18ClNO2/c1-5-12(10-7-6-8-11(15)9-10)16-13(17)18-14(2,3)4/h5-9,12H,1H2,2-4H3,(H,16,17)/t12-/m0/s1. The monoisotopic (exact) mass is 267 g/mol. The number of hydrogen-bond acceptors (Lipinski definition) is 2. The van der Waals surface area contributed by atoms with Gasteiger partial charge in [-0.2, -0.15) is 0 Å². The maximum atomic E-state index is 11.7. The number of ether oxygens (including phenoxy) is 1. The summed E-state index contributed by atoms with van der Waals surface area (Å²) in [6.45, 7) is 9.15. The van der Waals surface area contributed by atoms with Crippen LogP contribution in [0.1, 0.15) is 32.4 Å². The first-order valence-electron chi connectivity index (χ1n) is 5.69. The van der Waals surface area contributed by atoms with E-state index in [0.717, 1.165) is 5.56 Å². The van der Waals surface area contributed by atoms with Gasteiger partial charge < -0.3 is 10.1 Å². The molecule has 0 spiro atoms. The Morgan fingerprint density at radius 1 is 1.50 bits per heavy atom. The molecule has 0 fully saturated rings. The van der Waals surface area contributed by atoms with Crippen molar-refractivity contribution in [2.24, 2.45) is 0 Å². The minimum Gasteiger partial charge on any atom is -0.444 e. The molecule has 3 nitrogen and oxygen atoms in total. The van der Waals surface area contributed by atoms with Gasteiger partial charge in [0.05, 0.1) is 6.04 Å². The van der Waals surface area contributed by atoms with E-state index in [1.54, 1.807) is 18.2 Å². The average molecular weight is 268 g/mol. The lowest BCUT2D eigenvalue weighted by atomic mass is 10.1. The Bertz CT molecular complexity index is 438. The van der Waals surface area contributed by atoms with Gasteiger partial charge in [-0.15, -0.1) is 6.58 Å². The van der Waals surface area contributed by atoms with Crippen molar-refractivity contribution in [1.82, 2.24) is 5.32 Å². The van der Waals surface area contributed by atoms with Crippen molar-refractivity contribution < 1.29 is 9.53 Å². The van der Waals surface area contributed by atoms with Crippen LogP contribution in [0.5, 0.6) is 0 Å². The third kappa shape index (κ3) is 4.80. The Hall–Kier alpha value is -1.48. The van der Waals surface area contributed by atoms with E-state index in [9.17, 15) is 4.79 Å². The Balaban J connectivity index is 2.74. The summed E-state index contributed by atoms with van der Waals surface area (Å²) >= 11 is 5.91. The molecule has 0 bridgehead atoms. The predicted octanol–water partition coefficient (Wildman–Crippen LogP) is 4.09. The van der Waals surface area contributed by atoms with Gasteiger partial charge in [-0.1, -0.05) is 29.8 Å². The van der Waals surface area contributed by atoms with E-state index < -0.39 is 11.7 Å². The van der Waals surface area contributed by atoms with Crippen LogP contribution in [0.2, 0.25) is 5.02 Å². The van der Waals surface area contributed by atoms with E-state index in [0.29, 0.717) is 5.02 Å². The molecule has 0 aliphatic rings. The average Bonchev–Trinajstić information content (AvgIpc) is 2.23. The summed E-state index contributed by atoms with van der Waals surface area (Å²) in [7, 11) is 0. The highest BCUT2D eigenvalue weighted by atomic mass is 35.5. The number of amides is 1. The van der Waals surface area contributed by atoms with E-state index >= 15 is 0 Å². The lowest BCUT2D eigenvalue weighted by Gasteiger charge is -2.22. The van der Waals surface area contributed by atoms with E-state index in [2.05, 4.69) is 11.9 Å². The van der Waals surface area contributed by atoms with E-state index in [1.165, 1.54) is 0 Å². The summed E-state index contributed by atoms with van der Waals surface area (Å²) in [5.74, 6) is 0. The number of benzene rings is 1. The highest BCUT2D eigenvalue weighted by molar-refractivity contribution is 6.30. The molecular weight excluding hydrogens is 250 g/mol. The van der Waals surface area contributed by atoms with Crippen LogP contribution in [-0.2, 0) is 4.74 Å². The second-order valence-electron chi connectivity index (χ2n) is 4.91. The van der Waals surface area contributed by atoms with Gasteiger partial charge in [0, 0.05) is 5.02 Å². The number of alkyl carbamates (subject to hydrolysis) is 1. The molecule has 0 unspecified atom stereocenters. The van der Waals surface area contributed by atoms with Crippen molar-refractivity contribution in [2.45, 2.75) is 32.4 Å². The Kier molecular flexibility index (Phi) is 4.79. The van der Waals surface area contributed by atoms with Crippen LogP contribution in [0.25, 0.3) is 0 Å². The van der Waals surface area contributed by atoms with Crippen molar-refractivity contribution in [3.8, 4) is 0 Å². The molecule has 18 heavy (non-hydrogen) atoms. The van der Waals surface area contributed by atoms with Gasteiger partial charge in [0.25, 0.3) is 0 Å². The summed E-state index contributed by atoms with van der Waals surface area (Å²) in [6, 6.07) is 6.93. The Morgan fingerprint density at radius 2 is 2.17 bits per heavy atom. The molecule has 0 radical (unpaired) electrons. The third-order valence-electron chi connectivity index (χ3n) is 2.12. The number of carbonyl (C=O) groups excluding carboxylic acids is 1. The normalized spacial score (nSPS) is 12.7. The molecule has 98 valence electrons. The summed E-state index contributed by atoms with van der Waals surface area (Å²) in [5.41, 5.74) is 0.341. The van der Waals surface area contributed by atoms with E-state index in [4.69, 9.17) is 16.3 Å². The molecule has 1 amide bonds. The van der Waals surface area contributed by atoms with E-state index in [-0.39, 0.29) is 6.04 Å². The van der Waals surface area contributed by atoms with Crippen LogP contribution in [0.4, 0.5) is 4.79 Å². The lowest BCUT2D eigenvalue weighted by Crippen LogP contribution is -2.34. The van der Waals surface area contributed by atoms with Gasteiger partial charge in [0.1, 0.15) is 5.60 Å². The topological polar surface area (TPSA) is 38.3 Å². The molecule has 0 aliphatic carbocycles. The smallest absolute Gasteiger partial charge is 0.408 e. The molecule has 1 atom stereocenters. The zero-order chi connectivity index (χ0) is 13.8. The molecule has 4 heteroatoms. The van der Waals surface area contributed by atoms with Crippen molar-refractivity contribution in [3.05, 3.63) is 47.5 Å². The zero-order valence-electron chi connectivity index (χ0n) is 10.9. The zero-order valence-corrected chi connectivity index (χ0v) is 11.6. The van der Waals surface area contributed by atoms with Crippen molar-refractivity contribution in [1.29, 1.82) is 0 Å². The van der Waals surface area contributed by atoms with E-state index in [1.807, 2.05) is 32.9 Å². The fourth-order valence-corrected chi connectivity index (χ4v) is 1.61. The minimum absolute atomic E-state index is 0.321. The number of carbonyl (C=O) groups is 1. The van der Waals surface area contributed by atoms with Crippen molar-refractivity contribution in [2.75, 3.05) is 0 Å². The minimum atomic E-state index is -0.524. The van der Waals surface area contributed by atoms with Crippen LogP contribution in [0.3, 0.4) is 0 Å². The lowest BCUT2D eigenvalue weighted by molar-refractivity contribution is 0.0514. The third-order valence-corrected chi connectivity index (χ3v) is 2.35. The number of rotatable bonds is 3. The molecule has 1 aromatic rings. The van der Waals surface area contributed by atoms with Crippen molar-refractivity contribution in [3.63, 3.8) is 0 Å². The molecule has 0 aliphatic heterocycles. The maximum absolute atomic E-state index is 11.7. The second-order valence-corrected chi connectivity index (χ2v) is 5.35. The van der Waals surface area contributed by atoms with Crippen molar-refractivity contribution >= 4 is 17.7 Å². The fourth-order valence-electron chi connectivity index (χ4n) is 1.41. The summed E-state index contributed by atoms with van der Waals surface area (Å²) in [6.07, 6.45) is 1.16. The molecule has 0 heterocycles. The maximum Gasteiger partial charge on any atom is 0.408 e. The molecule has 1 N–H and O–H groups in total. The van der Waals surface area contributed by atoms with Crippen LogP contribution >= 0.6 is 11.6 Å². The highest BCUT2D eigenvalue weighted by Crippen LogP contribution is 2.19. The predicted molar refractivity (Wildman–Crippen MR) is 73.8 cm³/mol. The van der Waals surface area contributed by atoms with Crippen LogP contribution in [0, 0.1) is 0 Å². The van der Waals surface area contributed by atoms with Gasteiger partial charge in [0.2, 0.25) is 0 Å². The van der Waals surface area contributed by atoms with Gasteiger partial charge >= 0.3 is 6.09 Å².